The number of carbonyl (C=O) groups excluding carboxylic acids is 2. The van der Waals surface area contributed by atoms with Crippen molar-refractivity contribution in [2.24, 2.45) is 0 Å². The second kappa shape index (κ2) is 7.56. The van der Waals surface area contributed by atoms with Gasteiger partial charge in [-0.15, -0.1) is 0 Å². The molecule has 0 aliphatic carbocycles. The van der Waals surface area contributed by atoms with E-state index in [9.17, 15) is 9.59 Å². The molecule has 0 saturated carbocycles. The predicted octanol–water partition coefficient (Wildman–Crippen LogP) is 6.52. The van der Waals surface area contributed by atoms with Gasteiger partial charge in [0.25, 0.3) is 11.8 Å². The van der Waals surface area contributed by atoms with Gasteiger partial charge < -0.3 is 0 Å². The van der Waals surface area contributed by atoms with E-state index in [0.717, 1.165) is 44.4 Å². The van der Waals surface area contributed by atoms with Gasteiger partial charge in [0.15, 0.2) is 0 Å². The fraction of sp³-hybridized carbons (Fsp3) is 0.0667. The standard InChI is InChI=1S/C30H22N2O2/c1-19-17-25-26(18-20(19)2)30(34)32(29(25)33)31-27(21-11-5-3-6-12-21)23-15-9-10-16-24(23)28(31)22-13-7-4-8-14-22/h3-18H,1-2H3. The molecule has 0 atom stereocenters. The third kappa shape index (κ3) is 2.85. The highest BCUT2D eigenvalue weighted by Gasteiger charge is 2.40. The molecular weight excluding hydrogens is 420 g/mol. The van der Waals surface area contributed by atoms with Gasteiger partial charge in [-0.1, -0.05) is 84.9 Å². The molecule has 5 aromatic rings. The van der Waals surface area contributed by atoms with E-state index in [4.69, 9.17) is 0 Å². The van der Waals surface area contributed by atoms with Crippen LogP contribution in [-0.2, 0) is 0 Å². The summed E-state index contributed by atoms with van der Waals surface area (Å²) in [6.07, 6.45) is 0. The zero-order chi connectivity index (χ0) is 23.4. The molecule has 0 N–H and O–H groups in total. The molecule has 0 unspecified atom stereocenters. The summed E-state index contributed by atoms with van der Waals surface area (Å²) < 4.78 is 1.82. The Balaban J connectivity index is 1.73. The molecule has 0 saturated heterocycles. The van der Waals surface area contributed by atoms with E-state index in [2.05, 4.69) is 0 Å². The summed E-state index contributed by atoms with van der Waals surface area (Å²) in [5, 5.41) is 3.28. The number of aryl methyl sites for hydroxylation is 2. The maximum Gasteiger partial charge on any atom is 0.281 e. The minimum absolute atomic E-state index is 0.308. The summed E-state index contributed by atoms with van der Waals surface area (Å²) in [6.45, 7) is 3.93. The fourth-order valence-corrected chi connectivity index (χ4v) is 4.86. The second-order valence-electron chi connectivity index (χ2n) is 8.69. The Morgan fingerprint density at radius 2 is 0.912 bits per heavy atom. The lowest BCUT2D eigenvalue weighted by atomic mass is 10.0. The molecule has 4 heteroatoms. The lowest BCUT2D eigenvalue weighted by Gasteiger charge is -2.22. The molecule has 1 aliphatic heterocycles. The molecule has 164 valence electrons. The number of imide groups is 1. The van der Waals surface area contributed by atoms with E-state index in [-0.39, 0.29) is 11.8 Å². The number of amides is 2. The Kier molecular flexibility index (Phi) is 4.49. The highest BCUT2D eigenvalue weighted by atomic mass is 16.2. The molecule has 1 aromatic heterocycles. The van der Waals surface area contributed by atoms with Crippen LogP contribution in [0.2, 0.25) is 0 Å². The second-order valence-corrected chi connectivity index (χ2v) is 8.69. The Hall–Kier alpha value is -4.44. The Labute approximate surface area is 197 Å². The molecule has 1 aliphatic rings. The van der Waals surface area contributed by atoms with Crippen LogP contribution in [0.25, 0.3) is 33.3 Å². The molecule has 4 aromatic carbocycles. The van der Waals surface area contributed by atoms with Crippen molar-refractivity contribution in [2.45, 2.75) is 13.8 Å². The van der Waals surface area contributed by atoms with E-state index >= 15 is 0 Å². The zero-order valence-corrected chi connectivity index (χ0v) is 18.9. The van der Waals surface area contributed by atoms with Gasteiger partial charge in [0.1, 0.15) is 0 Å². The third-order valence-electron chi connectivity index (χ3n) is 6.63. The number of benzene rings is 4. The molecule has 2 amide bonds. The zero-order valence-electron chi connectivity index (χ0n) is 18.9. The van der Waals surface area contributed by atoms with Gasteiger partial charge in [-0.3, -0.25) is 9.59 Å². The molecule has 4 nitrogen and oxygen atoms in total. The Morgan fingerprint density at radius 3 is 1.32 bits per heavy atom. The number of rotatable bonds is 3. The highest BCUT2D eigenvalue weighted by Crippen LogP contribution is 2.41. The number of carbonyl (C=O) groups is 2. The molecule has 0 fully saturated rings. The van der Waals surface area contributed by atoms with Crippen molar-refractivity contribution in [3.8, 4) is 22.5 Å². The van der Waals surface area contributed by atoms with Crippen LogP contribution in [0.5, 0.6) is 0 Å². The van der Waals surface area contributed by atoms with E-state index in [1.165, 1.54) is 5.01 Å². The van der Waals surface area contributed by atoms with Crippen molar-refractivity contribution in [1.82, 2.24) is 4.68 Å². The molecular formula is C30H22N2O2. The van der Waals surface area contributed by atoms with Crippen molar-refractivity contribution >= 4 is 22.6 Å². The number of aromatic nitrogens is 1. The largest absolute Gasteiger partial charge is 0.281 e. The van der Waals surface area contributed by atoms with Gasteiger partial charge >= 0.3 is 0 Å². The summed E-state index contributed by atoms with van der Waals surface area (Å²) in [5.41, 5.74) is 6.38. The summed E-state index contributed by atoms with van der Waals surface area (Å²) in [5.74, 6) is -0.615. The number of nitrogens with zero attached hydrogens (tertiary/aromatic N) is 2. The lowest BCUT2D eigenvalue weighted by Crippen LogP contribution is -2.40. The SMILES string of the molecule is Cc1cc2c(cc1C)C(=O)N(n1c(-c3ccccc3)c3ccccc3c1-c1ccccc1)C2=O. The smallest absolute Gasteiger partial charge is 0.267 e. The number of hydrogen-bond acceptors (Lipinski definition) is 2. The monoisotopic (exact) mass is 442 g/mol. The predicted molar refractivity (Wildman–Crippen MR) is 136 cm³/mol. The summed E-state index contributed by atoms with van der Waals surface area (Å²) in [7, 11) is 0. The average molecular weight is 443 g/mol. The van der Waals surface area contributed by atoms with Gasteiger partial charge in [-0.2, -0.15) is 5.01 Å². The first-order chi connectivity index (χ1) is 16.6. The maximum atomic E-state index is 13.8. The minimum Gasteiger partial charge on any atom is -0.267 e. The van der Waals surface area contributed by atoms with Gasteiger partial charge in [0, 0.05) is 21.9 Å². The minimum atomic E-state index is -0.308. The molecule has 34 heavy (non-hydrogen) atoms. The first-order valence-corrected chi connectivity index (χ1v) is 11.3. The quantitative estimate of drug-likeness (QED) is 0.298. The maximum absolute atomic E-state index is 13.8. The van der Waals surface area contributed by atoms with Crippen LogP contribution in [-0.4, -0.2) is 16.5 Å². The van der Waals surface area contributed by atoms with Crippen molar-refractivity contribution < 1.29 is 9.59 Å². The van der Waals surface area contributed by atoms with Gasteiger partial charge in [0.2, 0.25) is 0 Å². The molecule has 0 spiro atoms. The van der Waals surface area contributed by atoms with Crippen molar-refractivity contribution in [1.29, 1.82) is 0 Å². The lowest BCUT2D eigenvalue weighted by molar-refractivity contribution is 0.0888. The van der Waals surface area contributed by atoms with Crippen molar-refractivity contribution in [3.63, 3.8) is 0 Å². The van der Waals surface area contributed by atoms with Crippen LogP contribution in [0, 0.1) is 13.8 Å². The van der Waals surface area contributed by atoms with Crippen molar-refractivity contribution in [3.05, 3.63) is 119 Å². The van der Waals surface area contributed by atoms with Crippen LogP contribution in [0.4, 0.5) is 0 Å². The van der Waals surface area contributed by atoms with E-state index < -0.39 is 0 Å². The Morgan fingerprint density at radius 1 is 0.529 bits per heavy atom. The van der Waals surface area contributed by atoms with E-state index in [1.807, 2.05) is 116 Å². The van der Waals surface area contributed by atoms with E-state index in [0.29, 0.717) is 11.1 Å². The molecule has 0 bridgehead atoms. The highest BCUT2D eigenvalue weighted by molar-refractivity contribution is 6.31. The van der Waals surface area contributed by atoms with Crippen molar-refractivity contribution in [2.75, 3.05) is 5.01 Å². The van der Waals surface area contributed by atoms with Crippen LogP contribution >= 0.6 is 0 Å². The fourth-order valence-electron chi connectivity index (χ4n) is 4.86. The molecule has 2 heterocycles. The number of fused-ring (bicyclic) bond motifs is 2. The summed E-state index contributed by atoms with van der Waals surface area (Å²) in [6, 6.07) is 31.6. The molecule has 0 radical (unpaired) electrons. The van der Waals surface area contributed by atoms with Crippen LogP contribution < -0.4 is 5.01 Å². The Bertz CT molecular complexity index is 1480. The van der Waals surface area contributed by atoms with Gasteiger partial charge in [-0.05, 0) is 37.1 Å². The third-order valence-corrected chi connectivity index (χ3v) is 6.63. The summed E-state index contributed by atoms with van der Waals surface area (Å²) in [4.78, 5) is 27.6. The average Bonchev–Trinajstić information content (AvgIpc) is 3.32. The topological polar surface area (TPSA) is 42.3 Å². The first kappa shape index (κ1) is 20.2. The van der Waals surface area contributed by atoms with Crippen LogP contribution in [0.3, 0.4) is 0 Å². The van der Waals surface area contributed by atoms with Gasteiger partial charge in [0.05, 0.1) is 22.5 Å². The summed E-state index contributed by atoms with van der Waals surface area (Å²) >= 11 is 0. The normalized spacial score (nSPS) is 13.1. The molecule has 6 rings (SSSR count). The number of hydrogen-bond donors (Lipinski definition) is 0. The van der Waals surface area contributed by atoms with Crippen LogP contribution in [0.15, 0.2) is 97.1 Å². The van der Waals surface area contributed by atoms with E-state index in [1.54, 1.807) is 0 Å². The first-order valence-electron chi connectivity index (χ1n) is 11.3. The van der Waals surface area contributed by atoms with Crippen LogP contribution in [0.1, 0.15) is 31.8 Å². The van der Waals surface area contributed by atoms with Gasteiger partial charge in [-0.25, -0.2) is 4.68 Å².